The van der Waals surface area contributed by atoms with Crippen molar-refractivity contribution >= 4 is 10.9 Å². The van der Waals surface area contributed by atoms with Crippen LogP contribution in [0.1, 0.15) is 11.6 Å². The van der Waals surface area contributed by atoms with Crippen LogP contribution < -0.4 is 10.1 Å². The number of methoxy groups -OCH3 is 1. The van der Waals surface area contributed by atoms with Crippen LogP contribution in [0, 0.1) is 0 Å². The number of aryl methyl sites for hydroxylation is 1. The Morgan fingerprint density at radius 2 is 2.16 bits per heavy atom. The SMILES string of the molecule is COc1cccc2c(C3CNCCN3C)cn(C)c12. The number of nitrogens with zero attached hydrogens (tertiary/aromatic N) is 2. The Balaban J connectivity index is 2.14. The van der Waals surface area contributed by atoms with Gasteiger partial charge >= 0.3 is 0 Å². The first-order chi connectivity index (χ1) is 9.22. The summed E-state index contributed by atoms with van der Waals surface area (Å²) < 4.78 is 7.66. The van der Waals surface area contributed by atoms with E-state index in [2.05, 4.69) is 47.2 Å². The lowest BCUT2D eigenvalue weighted by Gasteiger charge is -2.33. The highest BCUT2D eigenvalue weighted by Crippen LogP contribution is 2.34. The number of likely N-dealkylation sites (N-methyl/N-ethyl adjacent to an activating group) is 1. The van der Waals surface area contributed by atoms with E-state index in [9.17, 15) is 0 Å². The number of para-hydroxylation sites is 1. The first-order valence-corrected chi connectivity index (χ1v) is 6.75. The average molecular weight is 259 g/mol. The maximum absolute atomic E-state index is 5.49. The second-order valence-corrected chi connectivity index (χ2v) is 5.25. The zero-order valence-corrected chi connectivity index (χ0v) is 11.8. The normalized spacial score (nSPS) is 20.9. The van der Waals surface area contributed by atoms with Gasteiger partial charge in [-0.05, 0) is 18.7 Å². The standard InChI is InChI=1S/C15H21N3O/c1-17-8-7-16-9-13(17)12-10-18(2)15-11(12)5-4-6-14(15)19-3/h4-6,10,13,16H,7-9H2,1-3H3. The van der Waals surface area contributed by atoms with Crippen LogP contribution >= 0.6 is 0 Å². The molecule has 0 amide bonds. The molecule has 0 radical (unpaired) electrons. The lowest BCUT2D eigenvalue weighted by atomic mass is 10.0. The second kappa shape index (κ2) is 4.87. The summed E-state index contributed by atoms with van der Waals surface area (Å²) in [6.07, 6.45) is 2.24. The molecule has 1 N–H and O–H groups in total. The quantitative estimate of drug-likeness (QED) is 0.891. The molecule has 1 aromatic heterocycles. The van der Waals surface area contributed by atoms with Crippen molar-refractivity contribution < 1.29 is 4.74 Å². The van der Waals surface area contributed by atoms with Crippen LogP contribution in [0.5, 0.6) is 5.75 Å². The predicted molar refractivity (Wildman–Crippen MR) is 77.7 cm³/mol. The largest absolute Gasteiger partial charge is 0.495 e. The van der Waals surface area contributed by atoms with Gasteiger partial charge in [0.15, 0.2) is 0 Å². The topological polar surface area (TPSA) is 29.4 Å². The minimum Gasteiger partial charge on any atom is -0.495 e. The summed E-state index contributed by atoms with van der Waals surface area (Å²) in [6.45, 7) is 3.17. The van der Waals surface area contributed by atoms with Gasteiger partial charge in [0.1, 0.15) is 5.75 Å². The Labute approximate surface area is 114 Å². The van der Waals surface area contributed by atoms with Crippen LogP contribution in [-0.2, 0) is 7.05 Å². The molecule has 1 saturated heterocycles. The summed E-state index contributed by atoms with van der Waals surface area (Å²) in [6, 6.07) is 6.72. The van der Waals surface area contributed by atoms with Crippen molar-refractivity contribution in [2.75, 3.05) is 33.8 Å². The number of hydrogen-bond acceptors (Lipinski definition) is 3. The third-order valence-corrected chi connectivity index (χ3v) is 4.09. The molecule has 1 aromatic carbocycles. The van der Waals surface area contributed by atoms with Gasteiger partial charge in [-0.25, -0.2) is 0 Å². The van der Waals surface area contributed by atoms with Crippen LogP contribution in [0.3, 0.4) is 0 Å². The molecule has 0 spiro atoms. The fourth-order valence-electron chi connectivity index (χ4n) is 3.05. The van der Waals surface area contributed by atoms with Crippen LogP contribution in [0.4, 0.5) is 0 Å². The summed E-state index contributed by atoms with van der Waals surface area (Å²) in [7, 11) is 6.02. The van der Waals surface area contributed by atoms with Gasteiger partial charge in [0.2, 0.25) is 0 Å². The van der Waals surface area contributed by atoms with Crippen LogP contribution in [-0.4, -0.2) is 43.3 Å². The first-order valence-electron chi connectivity index (χ1n) is 6.75. The summed E-state index contributed by atoms with van der Waals surface area (Å²) in [4.78, 5) is 2.42. The Kier molecular flexibility index (Phi) is 3.21. The van der Waals surface area contributed by atoms with Gasteiger partial charge in [-0.1, -0.05) is 12.1 Å². The molecule has 1 aliphatic heterocycles. The van der Waals surface area contributed by atoms with Crippen LogP contribution in [0.25, 0.3) is 10.9 Å². The highest BCUT2D eigenvalue weighted by molar-refractivity contribution is 5.89. The summed E-state index contributed by atoms with van der Waals surface area (Å²) in [5, 5.41) is 4.78. The van der Waals surface area contributed by atoms with E-state index in [-0.39, 0.29) is 0 Å². The third kappa shape index (κ3) is 2.01. The second-order valence-electron chi connectivity index (χ2n) is 5.25. The van der Waals surface area contributed by atoms with Crippen molar-refractivity contribution in [3.05, 3.63) is 30.0 Å². The van der Waals surface area contributed by atoms with E-state index in [0.717, 1.165) is 25.4 Å². The fraction of sp³-hybridized carbons (Fsp3) is 0.467. The number of hydrogen-bond donors (Lipinski definition) is 1. The Morgan fingerprint density at radius 1 is 1.32 bits per heavy atom. The van der Waals surface area contributed by atoms with Gasteiger partial charge in [-0.2, -0.15) is 0 Å². The van der Waals surface area contributed by atoms with E-state index in [0.29, 0.717) is 6.04 Å². The molecular weight excluding hydrogens is 238 g/mol. The molecule has 4 heteroatoms. The number of benzene rings is 1. The molecule has 4 nitrogen and oxygen atoms in total. The molecule has 0 aliphatic carbocycles. The molecule has 19 heavy (non-hydrogen) atoms. The number of nitrogens with one attached hydrogen (secondary N) is 1. The molecule has 0 bridgehead atoms. The minimum absolute atomic E-state index is 0.435. The Hall–Kier alpha value is -1.52. The molecule has 2 aromatic rings. The predicted octanol–water partition coefficient (Wildman–Crippen LogP) is 1.76. The van der Waals surface area contributed by atoms with Crippen molar-refractivity contribution in [3.8, 4) is 5.75 Å². The number of fused-ring (bicyclic) bond motifs is 1. The monoisotopic (exact) mass is 259 g/mol. The van der Waals surface area contributed by atoms with Crippen molar-refractivity contribution in [2.45, 2.75) is 6.04 Å². The molecule has 1 unspecified atom stereocenters. The van der Waals surface area contributed by atoms with Crippen molar-refractivity contribution in [1.29, 1.82) is 0 Å². The number of ether oxygens (including phenoxy) is 1. The minimum atomic E-state index is 0.435. The van der Waals surface area contributed by atoms with E-state index in [4.69, 9.17) is 4.74 Å². The van der Waals surface area contributed by atoms with Gasteiger partial charge in [0.05, 0.1) is 12.6 Å². The smallest absolute Gasteiger partial charge is 0.143 e. The van der Waals surface area contributed by atoms with Gasteiger partial charge in [0, 0.05) is 44.3 Å². The van der Waals surface area contributed by atoms with Gasteiger partial charge < -0.3 is 14.6 Å². The molecular formula is C15H21N3O. The molecule has 1 aliphatic rings. The van der Waals surface area contributed by atoms with E-state index in [1.807, 2.05) is 6.07 Å². The molecule has 102 valence electrons. The number of rotatable bonds is 2. The van der Waals surface area contributed by atoms with E-state index in [1.54, 1.807) is 7.11 Å². The zero-order valence-electron chi connectivity index (χ0n) is 11.8. The lowest BCUT2D eigenvalue weighted by molar-refractivity contribution is 0.203. The molecule has 2 heterocycles. The van der Waals surface area contributed by atoms with E-state index >= 15 is 0 Å². The number of piperazine rings is 1. The molecule has 1 fully saturated rings. The van der Waals surface area contributed by atoms with E-state index < -0.39 is 0 Å². The van der Waals surface area contributed by atoms with Gasteiger partial charge in [-0.3, -0.25) is 4.90 Å². The molecule has 3 rings (SSSR count). The highest BCUT2D eigenvalue weighted by Gasteiger charge is 2.24. The van der Waals surface area contributed by atoms with Gasteiger partial charge in [0.25, 0.3) is 0 Å². The van der Waals surface area contributed by atoms with Crippen molar-refractivity contribution in [1.82, 2.24) is 14.8 Å². The lowest BCUT2D eigenvalue weighted by Crippen LogP contribution is -2.43. The average Bonchev–Trinajstić information content (AvgIpc) is 2.77. The molecule has 0 saturated carbocycles. The summed E-state index contributed by atoms with van der Waals surface area (Å²) in [5.41, 5.74) is 2.56. The van der Waals surface area contributed by atoms with Crippen molar-refractivity contribution in [3.63, 3.8) is 0 Å². The zero-order chi connectivity index (χ0) is 13.4. The molecule has 1 atom stereocenters. The number of aromatic nitrogens is 1. The Morgan fingerprint density at radius 3 is 2.89 bits per heavy atom. The third-order valence-electron chi connectivity index (χ3n) is 4.09. The highest BCUT2D eigenvalue weighted by atomic mass is 16.5. The maximum atomic E-state index is 5.49. The summed E-state index contributed by atoms with van der Waals surface area (Å²) >= 11 is 0. The van der Waals surface area contributed by atoms with Crippen molar-refractivity contribution in [2.24, 2.45) is 7.05 Å². The van der Waals surface area contributed by atoms with Crippen LogP contribution in [0.15, 0.2) is 24.4 Å². The first kappa shape index (κ1) is 12.5. The maximum Gasteiger partial charge on any atom is 0.143 e. The van der Waals surface area contributed by atoms with Crippen LogP contribution in [0.2, 0.25) is 0 Å². The summed E-state index contributed by atoms with van der Waals surface area (Å²) in [5.74, 6) is 0.942. The van der Waals surface area contributed by atoms with Gasteiger partial charge in [-0.15, -0.1) is 0 Å². The van der Waals surface area contributed by atoms with E-state index in [1.165, 1.54) is 16.5 Å². The fourth-order valence-corrected chi connectivity index (χ4v) is 3.05. The Bertz CT molecular complexity index is 590.